The normalized spacial score (nSPS) is 12.5. The van der Waals surface area contributed by atoms with Crippen molar-refractivity contribution in [3.63, 3.8) is 0 Å². The predicted octanol–water partition coefficient (Wildman–Crippen LogP) is 8.44. The maximum atomic E-state index is 13.4. The van der Waals surface area contributed by atoms with Gasteiger partial charge in [-0.2, -0.15) is 0 Å². The van der Waals surface area contributed by atoms with Gasteiger partial charge in [0.2, 0.25) is 0 Å². The Morgan fingerprint density at radius 2 is 0.426 bits per heavy atom. The van der Waals surface area contributed by atoms with Gasteiger partial charge in [0.05, 0.1) is 29.5 Å². The molecule has 6 nitrogen and oxygen atoms in total. The van der Waals surface area contributed by atoms with Gasteiger partial charge in [-0.3, -0.25) is 25.3 Å². The summed E-state index contributed by atoms with van der Waals surface area (Å²) < 4.78 is 79.4. The molecule has 0 aliphatic heterocycles. The Balaban J connectivity index is 0. The fraction of sp³-hybridized carbons (Fsp3) is 0.973. The molecule has 0 unspecified atom stereocenters. The number of sulfone groups is 3. The number of rotatable bonds is 36. The minimum Gasteiger partial charge on any atom is -0.260 e. The Hall–Kier alpha value is 0.850. The molecular formula is C37H75NaO6S3. The Kier molecular flexibility index (Phi) is 34.8. The van der Waals surface area contributed by atoms with Crippen LogP contribution in [0.5, 0.6) is 0 Å². The van der Waals surface area contributed by atoms with Crippen LogP contribution in [0, 0.1) is 3.91 Å². The average molecular weight is 735 g/mol. The van der Waals surface area contributed by atoms with Crippen LogP contribution >= 0.6 is 0 Å². The van der Waals surface area contributed by atoms with Crippen LogP contribution in [-0.4, -0.2) is 42.5 Å². The van der Waals surface area contributed by atoms with E-state index >= 15 is 0 Å². The third kappa shape index (κ3) is 28.2. The zero-order valence-corrected chi connectivity index (χ0v) is 36.0. The van der Waals surface area contributed by atoms with Gasteiger partial charge in [-0.15, -0.1) is 0 Å². The summed E-state index contributed by atoms with van der Waals surface area (Å²) >= 11 is 0. The van der Waals surface area contributed by atoms with Crippen LogP contribution in [0.15, 0.2) is 0 Å². The molecule has 0 saturated heterocycles. The van der Waals surface area contributed by atoms with Gasteiger partial charge in [0.1, 0.15) is 0 Å². The summed E-state index contributed by atoms with van der Waals surface area (Å²) in [5.41, 5.74) is 0. The van der Waals surface area contributed by atoms with Gasteiger partial charge in [0.25, 0.3) is 0 Å². The first-order valence-electron chi connectivity index (χ1n) is 19.6. The first-order chi connectivity index (χ1) is 22.0. The SMILES string of the molecule is CCCCCCCCCCCCS(=O)(=O)[C-](S(=O)(=O)CCCCCCCCCCCC)S(=O)(=O)CCCCCCCCCCCC.[Na+]. The van der Waals surface area contributed by atoms with E-state index in [9.17, 15) is 25.3 Å². The fourth-order valence-electron chi connectivity index (χ4n) is 6.17. The maximum absolute atomic E-state index is 13.4. The second-order valence-corrected chi connectivity index (χ2v) is 20.7. The Morgan fingerprint density at radius 1 is 0.277 bits per heavy atom. The largest absolute Gasteiger partial charge is 1.00 e. The molecule has 0 rings (SSSR count). The third-order valence-corrected chi connectivity index (χ3v) is 17.6. The molecule has 0 bridgehead atoms. The molecule has 0 fully saturated rings. The fourth-order valence-corrected chi connectivity index (χ4v) is 14.6. The first-order valence-corrected chi connectivity index (χ1v) is 24.6. The zero-order valence-electron chi connectivity index (χ0n) is 31.5. The Labute approximate surface area is 316 Å². The van der Waals surface area contributed by atoms with E-state index in [0.717, 1.165) is 57.8 Å². The molecule has 0 aromatic heterocycles. The van der Waals surface area contributed by atoms with Crippen molar-refractivity contribution in [1.82, 2.24) is 0 Å². The smallest absolute Gasteiger partial charge is 0.260 e. The summed E-state index contributed by atoms with van der Waals surface area (Å²) in [6.45, 7) is 6.59. The van der Waals surface area contributed by atoms with Crippen molar-refractivity contribution in [2.75, 3.05) is 17.3 Å². The van der Waals surface area contributed by atoms with Crippen molar-refractivity contribution in [3.05, 3.63) is 3.91 Å². The second-order valence-electron chi connectivity index (χ2n) is 13.8. The van der Waals surface area contributed by atoms with Gasteiger partial charge in [-0.1, -0.05) is 194 Å². The zero-order chi connectivity index (χ0) is 34.4. The van der Waals surface area contributed by atoms with Crippen LogP contribution in [0.3, 0.4) is 0 Å². The number of unbranched alkanes of at least 4 members (excludes halogenated alkanes) is 27. The van der Waals surface area contributed by atoms with E-state index in [-0.39, 0.29) is 29.6 Å². The van der Waals surface area contributed by atoms with Crippen LogP contribution in [0.2, 0.25) is 0 Å². The summed E-state index contributed by atoms with van der Waals surface area (Å²) in [4.78, 5) is 0. The van der Waals surface area contributed by atoms with E-state index in [2.05, 4.69) is 20.8 Å². The van der Waals surface area contributed by atoms with Crippen LogP contribution in [0.25, 0.3) is 0 Å². The van der Waals surface area contributed by atoms with E-state index < -0.39 is 50.7 Å². The Bertz CT molecular complexity index is 869. The summed E-state index contributed by atoms with van der Waals surface area (Å²) in [6.07, 6.45) is 30.4. The van der Waals surface area contributed by atoms with Crippen molar-refractivity contribution in [2.24, 2.45) is 0 Å². The first kappa shape index (κ1) is 50.0. The van der Waals surface area contributed by atoms with Crippen LogP contribution in [-0.2, 0) is 29.5 Å². The molecule has 0 aliphatic rings. The van der Waals surface area contributed by atoms with Gasteiger partial charge in [0.15, 0.2) is 0 Å². The summed E-state index contributed by atoms with van der Waals surface area (Å²) in [7, 11) is -13.3. The topological polar surface area (TPSA) is 102 Å². The molecule has 278 valence electrons. The van der Waals surface area contributed by atoms with E-state index in [4.69, 9.17) is 0 Å². The van der Waals surface area contributed by atoms with Crippen molar-refractivity contribution >= 4 is 29.5 Å². The Morgan fingerprint density at radius 3 is 0.596 bits per heavy atom. The average Bonchev–Trinajstić information content (AvgIpc) is 2.99. The minimum atomic E-state index is -4.43. The molecule has 0 amide bonds. The quantitative estimate of drug-likeness (QED) is 0.0364. The molecular weight excluding hydrogens is 660 g/mol. The predicted molar refractivity (Wildman–Crippen MR) is 200 cm³/mol. The van der Waals surface area contributed by atoms with Gasteiger partial charge in [-0.05, 0) is 19.3 Å². The van der Waals surface area contributed by atoms with Crippen molar-refractivity contribution in [1.29, 1.82) is 0 Å². The molecule has 0 aliphatic carbocycles. The number of hydrogen-bond acceptors (Lipinski definition) is 6. The van der Waals surface area contributed by atoms with Crippen LogP contribution in [0.1, 0.15) is 213 Å². The van der Waals surface area contributed by atoms with E-state index in [1.54, 1.807) is 0 Å². The minimum absolute atomic E-state index is 0. The van der Waals surface area contributed by atoms with Crippen molar-refractivity contribution < 1.29 is 54.8 Å². The second kappa shape index (κ2) is 32.7. The number of hydrogen-bond donors (Lipinski definition) is 0. The molecule has 47 heavy (non-hydrogen) atoms. The molecule has 0 N–H and O–H groups in total. The maximum Gasteiger partial charge on any atom is 1.00 e. The third-order valence-electron chi connectivity index (χ3n) is 9.06. The summed E-state index contributed by atoms with van der Waals surface area (Å²) in [5.74, 6) is -1.23. The molecule has 0 aromatic rings. The van der Waals surface area contributed by atoms with Gasteiger partial charge < -0.3 is 0 Å². The molecule has 0 saturated carbocycles. The molecule has 0 spiro atoms. The van der Waals surface area contributed by atoms with E-state index in [0.29, 0.717) is 38.5 Å². The molecule has 0 heterocycles. The van der Waals surface area contributed by atoms with E-state index in [1.807, 2.05) is 0 Å². The summed E-state index contributed by atoms with van der Waals surface area (Å²) in [5, 5.41) is 0. The van der Waals surface area contributed by atoms with Gasteiger partial charge >= 0.3 is 29.6 Å². The monoisotopic (exact) mass is 734 g/mol. The van der Waals surface area contributed by atoms with Crippen molar-refractivity contribution in [2.45, 2.75) is 213 Å². The van der Waals surface area contributed by atoms with Crippen LogP contribution < -0.4 is 29.6 Å². The summed E-state index contributed by atoms with van der Waals surface area (Å²) in [6, 6.07) is 0. The standard InChI is InChI=1S/C37H75O6S3.Na/c1-4-7-10-13-16-19-22-25-28-31-34-44(38,39)37(45(40,41)35-32-29-26-23-20-17-14-11-8-5-2)46(42,43)36-33-30-27-24-21-18-15-12-9-6-3;/h4-36H2,1-3H3;/q-1;+1. The molecule has 10 heteroatoms. The molecule has 0 atom stereocenters. The molecule has 0 aromatic carbocycles. The van der Waals surface area contributed by atoms with Crippen molar-refractivity contribution in [3.8, 4) is 0 Å². The van der Waals surface area contributed by atoms with Gasteiger partial charge in [-0.25, -0.2) is 0 Å². The molecule has 0 radical (unpaired) electrons. The van der Waals surface area contributed by atoms with Crippen LogP contribution in [0.4, 0.5) is 0 Å². The van der Waals surface area contributed by atoms with E-state index in [1.165, 1.54) is 96.3 Å². The van der Waals surface area contributed by atoms with Gasteiger partial charge in [0, 0.05) is 21.2 Å².